The maximum absolute atomic E-state index is 13.0. The Kier molecular flexibility index (Phi) is 4.81. The number of nitrogens with one attached hydrogen (secondary N) is 1. The first kappa shape index (κ1) is 18.8. The van der Waals surface area contributed by atoms with Crippen molar-refractivity contribution in [2.24, 2.45) is 0 Å². The normalized spacial score (nSPS) is 11.8. The minimum atomic E-state index is -3.81. The van der Waals surface area contributed by atoms with Crippen LogP contribution in [0.5, 0.6) is 5.75 Å². The number of ether oxygens (including phenoxy) is 1. The van der Waals surface area contributed by atoms with Crippen LogP contribution in [0.15, 0.2) is 70.0 Å². The monoisotopic (exact) mass is 458 g/mol. The third kappa shape index (κ3) is 3.14. The molecule has 0 unspecified atom stereocenters. The summed E-state index contributed by atoms with van der Waals surface area (Å²) in [4.78, 5) is 0.0838. The average Bonchev–Trinajstić information content (AvgIpc) is 3.00. The SMILES string of the molecule is CCn1c2ccccc2c2cc(NS(=O)(=O)c3cc(Br)ccc3OC)ccc21. The van der Waals surface area contributed by atoms with Gasteiger partial charge in [0.05, 0.1) is 7.11 Å². The number of fused-ring (bicyclic) bond motifs is 3. The van der Waals surface area contributed by atoms with E-state index in [2.05, 4.69) is 44.3 Å². The first-order chi connectivity index (χ1) is 13.4. The quantitative estimate of drug-likeness (QED) is 0.436. The third-order valence-corrected chi connectivity index (χ3v) is 6.65. The number of hydrogen-bond acceptors (Lipinski definition) is 3. The zero-order valence-corrected chi connectivity index (χ0v) is 17.8. The van der Waals surface area contributed by atoms with Crippen molar-refractivity contribution in [3.05, 3.63) is 65.1 Å². The second kappa shape index (κ2) is 7.14. The number of nitrogens with zero attached hydrogens (tertiary/aromatic N) is 1. The average molecular weight is 459 g/mol. The van der Waals surface area contributed by atoms with Crippen molar-refractivity contribution in [1.29, 1.82) is 0 Å². The number of methoxy groups -OCH3 is 1. The minimum absolute atomic E-state index is 0.0838. The second-order valence-corrected chi connectivity index (χ2v) is 8.96. The lowest BCUT2D eigenvalue weighted by Crippen LogP contribution is -2.14. The van der Waals surface area contributed by atoms with Crippen LogP contribution in [-0.4, -0.2) is 20.1 Å². The molecule has 4 aromatic rings. The highest BCUT2D eigenvalue weighted by molar-refractivity contribution is 9.10. The molecule has 7 heteroatoms. The van der Waals surface area contributed by atoms with Crippen LogP contribution in [0.2, 0.25) is 0 Å². The summed E-state index contributed by atoms with van der Waals surface area (Å²) in [6, 6.07) is 18.6. The summed E-state index contributed by atoms with van der Waals surface area (Å²) >= 11 is 3.32. The molecule has 1 N–H and O–H groups in total. The highest BCUT2D eigenvalue weighted by atomic mass is 79.9. The standard InChI is InChI=1S/C21H19BrN2O3S/c1-3-24-18-7-5-4-6-16(18)17-13-15(9-10-19(17)24)23-28(25,26)21-12-14(22)8-11-20(21)27-2/h4-13,23H,3H2,1-2H3. The molecule has 4 rings (SSSR count). The van der Waals surface area contributed by atoms with Crippen molar-refractivity contribution in [1.82, 2.24) is 4.57 Å². The highest BCUT2D eigenvalue weighted by Crippen LogP contribution is 2.33. The van der Waals surface area contributed by atoms with Gasteiger partial charge in [-0.05, 0) is 49.4 Å². The van der Waals surface area contributed by atoms with E-state index >= 15 is 0 Å². The van der Waals surface area contributed by atoms with Crippen LogP contribution >= 0.6 is 15.9 Å². The fourth-order valence-electron chi connectivity index (χ4n) is 3.53. The number of anilines is 1. The van der Waals surface area contributed by atoms with E-state index in [9.17, 15) is 8.42 Å². The lowest BCUT2D eigenvalue weighted by molar-refractivity contribution is 0.403. The summed E-state index contributed by atoms with van der Waals surface area (Å²) in [5.74, 6) is 0.291. The van der Waals surface area contributed by atoms with E-state index in [1.54, 1.807) is 18.2 Å². The summed E-state index contributed by atoms with van der Waals surface area (Å²) in [7, 11) is -2.36. The Morgan fingerprint density at radius 1 is 1.00 bits per heavy atom. The van der Waals surface area contributed by atoms with Crippen LogP contribution in [0.4, 0.5) is 5.69 Å². The molecule has 0 saturated carbocycles. The summed E-state index contributed by atoms with van der Waals surface area (Å²) < 4.78 is 36.7. The van der Waals surface area contributed by atoms with E-state index in [0.29, 0.717) is 15.9 Å². The van der Waals surface area contributed by atoms with Gasteiger partial charge in [0.25, 0.3) is 10.0 Å². The van der Waals surface area contributed by atoms with Gasteiger partial charge in [0.15, 0.2) is 0 Å². The number of aryl methyl sites for hydroxylation is 1. The van der Waals surface area contributed by atoms with Crippen LogP contribution in [0.3, 0.4) is 0 Å². The fourth-order valence-corrected chi connectivity index (χ4v) is 5.29. The molecule has 28 heavy (non-hydrogen) atoms. The third-order valence-electron chi connectivity index (χ3n) is 4.76. The van der Waals surface area contributed by atoms with E-state index in [0.717, 1.165) is 28.4 Å². The van der Waals surface area contributed by atoms with E-state index in [4.69, 9.17) is 4.74 Å². The summed E-state index contributed by atoms with van der Waals surface area (Å²) in [6.07, 6.45) is 0. The number of rotatable bonds is 5. The number of benzene rings is 3. The Balaban J connectivity index is 1.82. The van der Waals surface area contributed by atoms with Crippen LogP contribution in [-0.2, 0) is 16.6 Å². The van der Waals surface area contributed by atoms with Gasteiger partial charge in [0.1, 0.15) is 10.6 Å². The highest BCUT2D eigenvalue weighted by Gasteiger charge is 2.21. The Bertz CT molecular complexity index is 1300. The first-order valence-corrected chi connectivity index (χ1v) is 11.1. The van der Waals surface area contributed by atoms with Crippen molar-refractivity contribution in [2.75, 3.05) is 11.8 Å². The summed E-state index contributed by atoms with van der Waals surface area (Å²) in [5, 5.41) is 2.11. The molecule has 0 aliphatic carbocycles. The number of halogens is 1. The van der Waals surface area contributed by atoms with Crippen molar-refractivity contribution < 1.29 is 13.2 Å². The molecule has 1 heterocycles. The van der Waals surface area contributed by atoms with Gasteiger partial charge in [-0.1, -0.05) is 34.1 Å². The Hall–Kier alpha value is -2.51. The van der Waals surface area contributed by atoms with Gasteiger partial charge in [-0.25, -0.2) is 8.42 Å². The Morgan fingerprint density at radius 2 is 1.75 bits per heavy atom. The Labute approximate surface area is 172 Å². The maximum Gasteiger partial charge on any atom is 0.265 e. The van der Waals surface area contributed by atoms with E-state index in [1.807, 2.05) is 24.3 Å². The topological polar surface area (TPSA) is 60.3 Å². The lowest BCUT2D eigenvalue weighted by Gasteiger charge is -2.12. The molecule has 144 valence electrons. The van der Waals surface area contributed by atoms with Gasteiger partial charge in [-0.3, -0.25) is 4.72 Å². The van der Waals surface area contributed by atoms with Gasteiger partial charge in [0.2, 0.25) is 0 Å². The van der Waals surface area contributed by atoms with Crippen molar-refractivity contribution in [3.8, 4) is 5.75 Å². The zero-order valence-electron chi connectivity index (χ0n) is 15.4. The molecular formula is C21H19BrN2O3S. The van der Waals surface area contributed by atoms with Crippen LogP contribution in [0, 0.1) is 0 Å². The zero-order chi connectivity index (χ0) is 19.9. The van der Waals surface area contributed by atoms with Gasteiger partial charge < -0.3 is 9.30 Å². The fraction of sp³-hybridized carbons (Fsp3) is 0.143. The van der Waals surface area contributed by atoms with Gasteiger partial charge >= 0.3 is 0 Å². The number of hydrogen-bond donors (Lipinski definition) is 1. The maximum atomic E-state index is 13.0. The van der Waals surface area contributed by atoms with Gasteiger partial charge in [0, 0.05) is 38.5 Å². The molecule has 1 aromatic heterocycles. The van der Waals surface area contributed by atoms with Gasteiger partial charge in [-0.15, -0.1) is 0 Å². The van der Waals surface area contributed by atoms with Crippen molar-refractivity contribution >= 4 is 53.4 Å². The molecular weight excluding hydrogens is 440 g/mol. The molecule has 0 atom stereocenters. The molecule has 0 aliphatic rings. The molecule has 3 aromatic carbocycles. The molecule has 0 amide bonds. The smallest absolute Gasteiger partial charge is 0.265 e. The van der Waals surface area contributed by atoms with E-state index in [-0.39, 0.29) is 4.90 Å². The molecule has 0 aliphatic heterocycles. The van der Waals surface area contributed by atoms with Gasteiger partial charge in [-0.2, -0.15) is 0 Å². The number of aromatic nitrogens is 1. The van der Waals surface area contributed by atoms with Crippen LogP contribution < -0.4 is 9.46 Å². The second-order valence-electron chi connectivity index (χ2n) is 6.39. The Morgan fingerprint density at radius 3 is 2.50 bits per heavy atom. The predicted molar refractivity (Wildman–Crippen MR) is 117 cm³/mol. The predicted octanol–water partition coefficient (Wildman–Crippen LogP) is 5.39. The minimum Gasteiger partial charge on any atom is -0.495 e. The van der Waals surface area contributed by atoms with E-state index < -0.39 is 10.0 Å². The van der Waals surface area contributed by atoms with Crippen LogP contribution in [0.1, 0.15) is 6.92 Å². The van der Waals surface area contributed by atoms with E-state index in [1.165, 1.54) is 13.2 Å². The van der Waals surface area contributed by atoms with Crippen LogP contribution in [0.25, 0.3) is 21.8 Å². The molecule has 0 radical (unpaired) electrons. The largest absolute Gasteiger partial charge is 0.495 e. The van der Waals surface area contributed by atoms with Crippen molar-refractivity contribution in [2.45, 2.75) is 18.4 Å². The molecule has 0 fully saturated rings. The number of para-hydroxylation sites is 1. The molecule has 0 spiro atoms. The number of sulfonamides is 1. The molecule has 0 bridgehead atoms. The first-order valence-electron chi connectivity index (χ1n) is 8.82. The summed E-state index contributed by atoms with van der Waals surface area (Å²) in [6.45, 7) is 2.94. The summed E-state index contributed by atoms with van der Waals surface area (Å²) in [5.41, 5.74) is 2.72. The van der Waals surface area contributed by atoms with Crippen molar-refractivity contribution in [3.63, 3.8) is 0 Å². The molecule has 5 nitrogen and oxygen atoms in total. The lowest BCUT2D eigenvalue weighted by atomic mass is 10.1. The molecule has 0 saturated heterocycles.